The van der Waals surface area contributed by atoms with Gasteiger partial charge in [-0.2, -0.15) is 0 Å². The molecule has 1 nitrogen and oxygen atoms in total. The summed E-state index contributed by atoms with van der Waals surface area (Å²) < 4.78 is 0. The second kappa shape index (κ2) is 4.82. The molecule has 1 aliphatic carbocycles. The van der Waals surface area contributed by atoms with Crippen molar-refractivity contribution in [2.75, 3.05) is 0 Å². The molecule has 0 aliphatic heterocycles. The van der Waals surface area contributed by atoms with Crippen LogP contribution in [0.2, 0.25) is 0 Å². The van der Waals surface area contributed by atoms with Crippen molar-refractivity contribution in [2.24, 2.45) is 0 Å². The summed E-state index contributed by atoms with van der Waals surface area (Å²) in [6.07, 6.45) is 3.38. The van der Waals surface area contributed by atoms with Crippen LogP contribution in [-0.2, 0) is 19.3 Å². The average Bonchev–Trinajstić information content (AvgIpc) is 2.41. The fourth-order valence-electron chi connectivity index (χ4n) is 3.10. The molecule has 19 heavy (non-hydrogen) atoms. The van der Waals surface area contributed by atoms with Gasteiger partial charge in [0, 0.05) is 12.8 Å². The predicted octanol–water partition coefficient (Wildman–Crippen LogP) is 3.46. The summed E-state index contributed by atoms with van der Waals surface area (Å²) in [5.74, 6) is 0. The summed E-state index contributed by atoms with van der Waals surface area (Å²) in [6.45, 7) is 2.12. The van der Waals surface area contributed by atoms with Gasteiger partial charge in [-0.05, 0) is 42.0 Å². The van der Waals surface area contributed by atoms with Crippen LogP contribution in [-0.4, -0.2) is 10.7 Å². The lowest BCUT2D eigenvalue weighted by Crippen LogP contribution is -2.38. The number of fused-ring (bicyclic) bond motifs is 1. The first-order valence-electron chi connectivity index (χ1n) is 7.00. The maximum absolute atomic E-state index is 10.9. The molecule has 0 heterocycles. The summed E-state index contributed by atoms with van der Waals surface area (Å²) in [4.78, 5) is 0. The predicted molar refractivity (Wildman–Crippen MR) is 78.3 cm³/mol. The van der Waals surface area contributed by atoms with Crippen LogP contribution >= 0.6 is 0 Å². The van der Waals surface area contributed by atoms with Crippen molar-refractivity contribution in [1.82, 2.24) is 0 Å². The minimum Gasteiger partial charge on any atom is -0.389 e. The maximum atomic E-state index is 10.9. The van der Waals surface area contributed by atoms with Gasteiger partial charge in [0.25, 0.3) is 0 Å². The molecular weight excluding hydrogens is 232 g/mol. The number of benzene rings is 2. The molecule has 2 aromatic rings. The second-order valence-electron chi connectivity index (χ2n) is 5.77. The van der Waals surface area contributed by atoms with Gasteiger partial charge in [-0.25, -0.2) is 0 Å². The lowest BCUT2D eigenvalue weighted by atomic mass is 9.77. The van der Waals surface area contributed by atoms with E-state index in [0.29, 0.717) is 0 Å². The molecule has 2 aromatic carbocycles. The number of aryl methyl sites for hydroxylation is 2. The van der Waals surface area contributed by atoms with Gasteiger partial charge in [0.15, 0.2) is 0 Å². The van der Waals surface area contributed by atoms with E-state index in [1.54, 1.807) is 0 Å². The minimum absolute atomic E-state index is 0.583. The largest absolute Gasteiger partial charge is 0.389 e. The Labute approximate surface area is 114 Å². The van der Waals surface area contributed by atoms with Gasteiger partial charge < -0.3 is 5.11 Å². The third-order valence-electron chi connectivity index (χ3n) is 4.28. The fourth-order valence-corrected chi connectivity index (χ4v) is 3.10. The highest BCUT2D eigenvalue weighted by Crippen LogP contribution is 2.31. The van der Waals surface area contributed by atoms with E-state index in [-0.39, 0.29) is 0 Å². The van der Waals surface area contributed by atoms with E-state index < -0.39 is 5.60 Å². The fraction of sp³-hybridized carbons (Fsp3) is 0.333. The minimum atomic E-state index is -0.583. The van der Waals surface area contributed by atoms with Crippen LogP contribution in [0.5, 0.6) is 0 Å². The van der Waals surface area contributed by atoms with E-state index in [4.69, 9.17) is 0 Å². The Hall–Kier alpha value is -1.60. The van der Waals surface area contributed by atoms with Gasteiger partial charge in [0.1, 0.15) is 0 Å². The molecule has 1 N–H and O–H groups in total. The quantitative estimate of drug-likeness (QED) is 0.868. The van der Waals surface area contributed by atoms with Crippen molar-refractivity contribution in [3.05, 3.63) is 70.8 Å². The molecule has 1 heteroatoms. The third-order valence-corrected chi connectivity index (χ3v) is 4.28. The Balaban J connectivity index is 1.84. The van der Waals surface area contributed by atoms with Crippen LogP contribution in [0, 0.1) is 6.92 Å². The zero-order chi connectivity index (χ0) is 13.3. The molecule has 1 aliphatic rings. The normalized spacial score (nSPS) is 22.0. The zero-order valence-electron chi connectivity index (χ0n) is 11.4. The highest BCUT2D eigenvalue weighted by Gasteiger charge is 2.32. The molecule has 0 spiro atoms. The highest BCUT2D eigenvalue weighted by molar-refractivity contribution is 5.34. The Bertz CT molecular complexity index is 588. The highest BCUT2D eigenvalue weighted by atomic mass is 16.3. The van der Waals surface area contributed by atoms with Crippen molar-refractivity contribution in [1.29, 1.82) is 0 Å². The zero-order valence-corrected chi connectivity index (χ0v) is 11.4. The summed E-state index contributed by atoms with van der Waals surface area (Å²) >= 11 is 0. The van der Waals surface area contributed by atoms with E-state index in [1.165, 1.54) is 22.3 Å². The van der Waals surface area contributed by atoms with Gasteiger partial charge in [-0.1, -0.05) is 48.5 Å². The van der Waals surface area contributed by atoms with Crippen LogP contribution < -0.4 is 0 Å². The molecule has 98 valence electrons. The number of hydrogen-bond acceptors (Lipinski definition) is 1. The van der Waals surface area contributed by atoms with Crippen molar-refractivity contribution < 1.29 is 5.11 Å². The molecule has 3 rings (SSSR count). The lowest BCUT2D eigenvalue weighted by Gasteiger charge is -2.34. The third kappa shape index (κ3) is 2.57. The topological polar surface area (TPSA) is 20.2 Å². The first-order chi connectivity index (χ1) is 9.16. The molecule has 0 fully saturated rings. The first kappa shape index (κ1) is 12.4. The van der Waals surface area contributed by atoms with Crippen LogP contribution in [0.3, 0.4) is 0 Å². The van der Waals surface area contributed by atoms with Crippen LogP contribution in [0.25, 0.3) is 0 Å². The first-order valence-corrected chi connectivity index (χ1v) is 7.00. The summed E-state index contributed by atoms with van der Waals surface area (Å²) in [6, 6.07) is 16.9. The van der Waals surface area contributed by atoms with Gasteiger partial charge in [0.2, 0.25) is 0 Å². The number of rotatable bonds is 2. The van der Waals surface area contributed by atoms with E-state index in [0.717, 1.165) is 25.7 Å². The Kier molecular flexibility index (Phi) is 3.16. The van der Waals surface area contributed by atoms with Gasteiger partial charge in [-0.15, -0.1) is 0 Å². The summed E-state index contributed by atoms with van der Waals surface area (Å²) in [5.41, 5.74) is 4.67. The van der Waals surface area contributed by atoms with Gasteiger partial charge in [-0.3, -0.25) is 0 Å². The second-order valence-corrected chi connectivity index (χ2v) is 5.77. The molecule has 0 aromatic heterocycles. The maximum Gasteiger partial charge on any atom is 0.0731 e. The molecule has 1 atom stereocenters. The monoisotopic (exact) mass is 252 g/mol. The Morgan fingerprint density at radius 3 is 2.47 bits per heavy atom. The van der Waals surface area contributed by atoms with Crippen molar-refractivity contribution in [3.63, 3.8) is 0 Å². The standard InChI is InChI=1S/C18H20O/c1-14-6-2-3-8-16(14)12-18(19)11-10-15-7-4-5-9-17(15)13-18/h2-9,19H,10-13H2,1H3. The molecule has 1 unspecified atom stereocenters. The van der Waals surface area contributed by atoms with Crippen molar-refractivity contribution in [3.8, 4) is 0 Å². The van der Waals surface area contributed by atoms with E-state index in [1.807, 2.05) is 0 Å². The van der Waals surface area contributed by atoms with Crippen LogP contribution in [0.1, 0.15) is 28.7 Å². The smallest absolute Gasteiger partial charge is 0.0731 e. The van der Waals surface area contributed by atoms with E-state index in [2.05, 4.69) is 55.5 Å². The molecular formula is C18H20O. The number of hydrogen-bond donors (Lipinski definition) is 1. The van der Waals surface area contributed by atoms with E-state index >= 15 is 0 Å². The molecule has 0 bridgehead atoms. The van der Waals surface area contributed by atoms with Crippen LogP contribution in [0.4, 0.5) is 0 Å². The lowest BCUT2D eigenvalue weighted by molar-refractivity contribution is 0.0266. The molecule has 0 radical (unpaired) electrons. The molecule has 0 amide bonds. The summed E-state index contributed by atoms with van der Waals surface area (Å²) in [7, 11) is 0. The van der Waals surface area contributed by atoms with Gasteiger partial charge >= 0.3 is 0 Å². The molecule has 0 saturated heterocycles. The van der Waals surface area contributed by atoms with Crippen molar-refractivity contribution in [2.45, 2.75) is 38.2 Å². The summed E-state index contributed by atoms with van der Waals surface area (Å²) in [5, 5.41) is 10.9. The van der Waals surface area contributed by atoms with Crippen molar-refractivity contribution >= 4 is 0 Å². The Morgan fingerprint density at radius 1 is 1.00 bits per heavy atom. The van der Waals surface area contributed by atoms with E-state index in [9.17, 15) is 5.11 Å². The average molecular weight is 252 g/mol. The van der Waals surface area contributed by atoms with Crippen LogP contribution in [0.15, 0.2) is 48.5 Å². The molecule has 0 saturated carbocycles. The number of aliphatic hydroxyl groups is 1. The Morgan fingerprint density at radius 2 is 1.68 bits per heavy atom. The van der Waals surface area contributed by atoms with Gasteiger partial charge in [0.05, 0.1) is 5.60 Å². The SMILES string of the molecule is Cc1ccccc1CC1(O)CCc2ccccc2C1.